The molecule has 1 aliphatic rings. The van der Waals surface area contributed by atoms with E-state index in [0.29, 0.717) is 17.4 Å². The molecule has 3 rings (SSSR count). The molecule has 1 fully saturated rings. The summed E-state index contributed by atoms with van der Waals surface area (Å²) in [6.45, 7) is 1.50. The summed E-state index contributed by atoms with van der Waals surface area (Å²) in [7, 11) is 3.19. The topological polar surface area (TPSA) is 76.2 Å². The predicted octanol–water partition coefficient (Wildman–Crippen LogP) is 2.93. The highest BCUT2D eigenvalue weighted by molar-refractivity contribution is 5.94. The van der Waals surface area contributed by atoms with Gasteiger partial charge in [-0.05, 0) is 31.0 Å². The summed E-state index contributed by atoms with van der Waals surface area (Å²) in [6, 6.07) is 5.59. The highest BCUT2D eigenvalue weighted by Crippen LogP contribution is 2.45. The van der Waals surface area contributed by atoms with Gasteiger partial charge in [0, 0.05) is 18.4 Å². The molecule has 2 aromatic rings. The van der Waals surface area contributed by atoms with E-state index >= 15 is 0 Å². The number of carbonyl (C=O) groups excluding carboxylic acids is 1. The Labute approximate surface area is 128 Å². The lowest BCUT2D eigenvalue weighted by Gasteiger charge is -2.10. The van der Waals surface area contributed by atoms with Gasteiger partial charge in [-0.2, -0.15) is 5.10 Å². The molecule has 1 amide bonds. The Bertz CT molecular complexity index is 705. The second kappa shape index (κ2) is 5.71. The summed E-state index contributed by atoms with van der Waals surface area (Å²) in [4.78, 5) is 11.5. The molecule has 0 spiro atoms. The largest absolute Gasteiger partial charge is 0.493 e. The number of ether oxygens (including phenoxy) is 2. The molecule has 2 N–H and O–H groups in total. The van der Waals surface area contributed by atoms with Crippen molar-refractivity contribution in [3.8, 4) is 22.8 Å². The normalized spacial score (nSPS) is 13.8. The smallest absolute Gasteiger partial charge is 0.221 e. The number of amides is 1. The predicted molar refractivity (Wildman–Crippen MR) is 83.4 cm³/mol. The van der Waals surface area contributed by atoms with Gasteiger partial charge in [-0.1, -0.05) is 0 Å². The standard InChI is InChI=1S/C16H19N3O3/c1-9(20)17-16-14(10-4-5-10)18-19-15(16)11-6-7-12(21-2)13(8-11)22-3/h6-8,10H,4-5H2,1-3H3,(H,17,20)(H,18,19). The number of aromatic amines is 1. The number of H-pyrrole nitrogens is 1. The molecule has 0 saturated heterocycles. The van der Waals surface area contributed by atoms with Crippen LogP contribution in [-0.4, -0.2) is 30.3 Å². The molecule has 1 aromatic carbocycles. The van der Waals surface area contributed by atoms with E-state index < -0.39 is 0 Å². The molecule has 0 radical (unpaired) electrons. The summed E-state index contributed by atoms with van der Waals surface area (Å²) < 4.78 is 10.6. The zero-order valence-corrected chi connectivity index (χ0v) is 12.9. The molecule has 116 valence electrons. The van der Waals surface area contributed by atoms with Gasteiger partial charge in [0.2, 0.25) is 5.91 Å². The maximum absolute atomic E-state index is 11.5. The van der Waals surface area contributed by atoms with Crippen LogP contribution in [-0.2, 0) is 4.79 Å². The fourth-order valence-electron chi connectivity index (χ4n) is 2.52. The summed E-state index contributed by atoms with van der Waals surface area (Å²) >= 11 is 0. The third kappa shape index (κ3) is 2.64. The van der Waals surface area contributed by atoms with Crippen LogP contribution >= 0.6 is 0 Å². The van der Waals surface area contributed by atoms with Crippen molar-refractivity contribution in [2.24, 2.45) is 0 Å². The van der Waals surface area contributed by atoms with Crippen molar-refractivity contribution in [3.05, 3.63) is 23.9 Å². The number of anilines is 1. The number of hydrogen-bond donors (Lipinski definition) is 2. The average Bonchev–Trinajstić information content (AvgIpc) is 3.28. The van der Waals surface area contributed by atoms with Crippen LogP contribution in [0.25, 0.3) is 11.3 Å². The van der Waals surface area contributed by atoms with Crippen molar-refractivity contribution in [1.29, 1.82) is 0 Å². The van der Waals surface area contributed by atoms with Crippen LogP contribution in [0.4, 0.5) is 5.69 Å². The van der Waals surface area contributed by atoms with Gasteiger partial charge < -0.3 is 14.8 Å². The van der Waals surface area contributed by atoms with Crippen molar-refractivity contribution in [2.75, 3.05) is 19.5 Å². The van der Waals surface area contributed by atoms with Gasteiger partial charge >= 0.3 is 0 Å². The maximum Gasteiger partial charge on any atom is 0.221 e. The monoisotopic (exact) mass is 301 g/mol. The lowest BCUT2D eigenvalue weighted by Crippen LogP contribution is -2.07. The summed E-state index contributed by atoms with van der Waals surface area (Å²) in [5.74, 6) is 1.64. The lowest BCUT2D eigenvalue weighted by atomic mass is 10.1. The van der Waals surface area contributed by atoms with E-state index in [9.17, 15) is 4.79 Å². The van der Waals surface area contributed by atoms with Gasteiger partial charge in [0.25, 0.3) is 0 Å². The quantitative estimate of drug-likeness (QED) is 0.890. The first-order valence-electron chi connectivity index (χ1n) is 7.22. The van der Waals surface area contributed by atoms with E-state index in [2.05, 4.69) is 15.5 Å². The van der Waals surface area contributed by atoms with Crippen molar-refractivity contribution < 1.29 is 14.3 Å². The Morgan fingerprint density at radius 3 is 2.59 bits per heavy atom. The van der Waals surface area contributed by atoms with Crippen LogP contribution < -0.4 is 14.8 Å². The van der Waals surface area contributed by atoms with E-state index in [0.717, 1.165) is 35.5 Å². The van der Waals surface area contributed by atoms with Gasteiger partial charge in [0.15, 0.2) is 11.5 Å². The van der Waals surface area contributed by atoms with Crippen LogP contribution in [0.1, 0.15) is 31.4 Å². The highest BCUT2D eigenvalue weighted by atomic mass is 16.5. The molecular weight excluding hydrogens is 282 g/mol. The van der Waals surface area contributed by atoms with Crippen molar-refractivity contribution in [1.82, 2.24) is 10.2 Å². The molecule has 1 heterocycles. The third-order valence-electron chi connectivity index (χ3n) is 3.74. The average molecular weight is 301 g/mol. The van der Waals surface area contributed by atoms with E-state index in [1.807, 2.05) is 18.2 Å². The second-order valence-electron chi connectivity index (χ2n) is 5.39. The fraction of sp³-hybridized carbons (Fsp3) is 0.375. The van der Waals surface area contributed by atoms with Gasteiger partial charge in [-0.25, -0.2) is 0 Å². The number of methoxy groups -OCH3 is 2. The zero-order valence-electron chi connectivity index (χ0n) is 12.9. The van der Waals surface area contributed by atoms with Crippen LogP contribution in [0.2, 0.25) is 0 Å². The van der Waals surface area contributed by atoms with Crippen molar-refractivity contribution in [2.45, 2.75) is 25.7 Å². The van der Waals surface area contributed by atoms with E-state index in [1.54, 1.807) is 14.2 Å². The van der Waals surface area contributed by atoms with Crippen LogP contribution in [0.3, 0.4) is 0 Å². The second-order valence-corrected chi connectivity index (χ2v) is 5.39. The van der Waals surface area contributed by atoms with Crippen LogP contribution in [0, 0.1) is 0 Å². The SMILES string of the molecule is COc1ccc(-c2n[nH]c(C3CC3)c2NC(C)=O)cc1OC. The minimum Gasteiger partial charge on any atom is -0.493 e. The number of rotatable bonds is 5. The molecule has 0 bridgehead atoms. The summed E-state index contributed by atoms with van der Waals surface area (Å²) in [6.07, 6.45) is 2.25. The number of carbonyl (C=O) groups is 1. The fourth-order valence-corrected chi connectivity index (χ4v) is 2.52. The van der Waals surface area contributed by atoms with Gasteiger partial charge in [0.1, 0.15) is 5.69 Å². The number of hydrogen-bond acceptors (Lipinski definition) is 4. The number of nitrogens with zero attached hydrogens (tertiary/aromatic N) is 1. The minimum atomic E-state index is -0.106. The number of nitrogens with one attached hydrogen (secondary N) is 2. The Kier molecular flexibility index (Phi) is 3.75. The van der Waals surface area contributed by atoms with Gasteiger partial charge in [-0.3, -0.25) is 9.89 Å². The first-order valence-corrected chi connectivity index (χ1v) is 7.22. The molecular formula is C16H19N3O3. The van der Waals surface area contributed by atoms with E-state index in [4.69, 9.17) is 9.47 Å². The van der Waals surface area contributed by atoms with Crippen molar-refractivity contribution in [3.63, 3.8) is 0 Å². The Balaban J connectivity index is 2.05. The molecule has 0 aliphatic heterocycles. The zero-order chi connectivity index (χ0) is 15.7. The number of aromatic nitrogens is 2. The summed E-state index contributed by atoms with van der Waals surface area (Å²) in [5, 5.41) is 10.4. The minimum absolute atomic E-state index is 0.106. The van der Waals surface area contributed by atoms with E-state index in [-0.39, 0.29) is 5.91 Å². The van der Waals surface area contributed by atoms with Gasteiger partial charge in [-0.15, -0.1) is 0 Å². The molecule has 0 atom stereocenters. The molecule has 1 aliphatic carbocycles. The Morgan fingerprint density at radius 1 is 1.27 bits per heavy atom. The van der Waals surface area contributed by atoms with Gasteiger partial charge in [0.05, 0.1) is 25.6 Å². The Hall–Kier alpha value is -2.50. The molecule has 6 nitrogen and oxygen atoms in total. The number of benzene rings is 1. The first kappa shape index (κ1) is 14.4. The van der Waals surface area contributed by atoms with Crippen molar-refractivity contribution >= 4 is 11.6 Å². The molecule has 1 saturated carbocycles. The molecule has 6 heteroatoms. The Morgan fingerprint density at radius 2 is 2.00 bits per heavy atom. The van der Waals surface area contributed by atoms with Crippen LogP contribution in [0.15, 0.2) is 18.2 Å². The highest BCUT2D eigenvalue weighted by Gasteiger charge is 2.30. The summed E-state index contributed by atoms with van der Waals surface area (Å²) in [5.41, 5.74) is 3.35. The lowest BCUT2D eigenvalue weighted by molar-refractivity contribution is -0.114. The molecule has 1 aromatic heterocycles. The third-order valence-corrected chi connectivity index (χ3v) is 3.74. The molecule has 0 unspecified atom stereocenters. The first-order chi connectivity index (χ1) is 10.6. The molecule has 22 heavy (non-hydrogen) atoms. The maximum atomic E-state index is 11.5. The van der Waals surface area contributed by atoms with Crippen LogP contribution in [0.5, 0.6) is 11.5 Å². The van der Waals surface area contributed by atoms with E-state index in [1.165, 1.54) is 6.92 Å².